The van der Waals surface area contributed by atoms with Crippen LogP contribution in [0.25, 0.3) is 22.9 Å². The zero-order chi connectivity index (χ0) is 19.0. The second kappa shape index (κ2) is 6.61. The standard InChI is InChI=1S/C22H19N3O2/c1-14-12-18(13-20-21(26)24-22(27)23-20)15(2)25(14)19-10-8-17(9-11-19)16-6-4-3-5-7-16/h3-13H,1-2H3,(H2,23,24,26,27)/b20-13+. The molecule has 4 rings (SSSR count). The lowest BCUT2D eigenvalue weighted by molar-refractivity contribution is -0.115. The number of amides is 3. The molecule has 0 aliphatic carbocycles. The van der Waals surface area contributed by atoms with Crippen LogP contribution in [0.3, 0.4) is 0 Å². The van der Waals surface area contributed by atoms with Gasteiger partial charge in [-0.2, -0.15) is 0 Å². The summed E-state index contributed by atoms with van der Waals surface area (Å²) < 4.78 is 2.13. The summed E-state index contributed by atoms with van der Waals surface area (Å²) in [5, 5.41) is 4.74. The minimum absolute atomic E-state index is 0.264. The monoisotopic (exact) mass is 357 g/mol. The van der Waals surface area contributed by atoms with Crippen molar-refractivity contribution in [3.8, 4) is 16.8 Å². The predicted molar refractivity (Wildman–Crippen MR) is 105 cm³/mol. The number of hydrogen-bond donors (Lipinski definition) is 2. The molecule has 2 heterocycles. The number of urea groups is 1. The third-order valence-corrected chi connectivity index (χ3v) is 4.72. The zero-order valence-corrected chi connectivity index (χ0v) is 15.1. The first-order valence-electron chi connectivity index (χ1n) is 8.72. The van der Waals surface area contributed by atoms with E-state index in [1.54, 1.807) is 6.08 Å². The molecule has 0 bridgehead atoms. The van der Waals surface area contributed by atoms with Crippen LogP contribution in [0.2, 0.25) is 0 Å². The summed E-state index contributed by atoms with van der Waals surface area (Å²) in [5.74, 6) is -0.406. The van der Waals surface area contributed by atoms with E-state index in [1.807, 2.05) is 38.1 Å². The third kappa shape index (κ3) is 3.15. The SMILES string of the molecule is Cc1cc(/C=C2/NC(=O)NC2=O)c(C)n1-c1ccc(-c2ccccc2)cc1. The Hall–Kier alpha value is -3.60. The van der Waals surface area contributed by atoms with Gasteiger partial charge in [0.2, 0.25) is 0 Å². The largest absolute Gasteiger partial charge is 0.326 e. The van der Waals surface area contributed by atoms with Crippen molar-refractivity contribution in [2.45, 2.75) is 13.8 Å². The molecular weight excluding hydrogens is 338 g/mol. The average Bonchev–Trinajstić information content (AvgIpc) is 3.13. The van der Waals surface area contributed by atoms with E-state index in [2.05, 4.69) is 51.6 Å². The Balaban J connectivity index is 1.69. The summed E-state index contributed by atoms with van der Waals surface area (Å²) in [6, 6.07) is 20.1. The highest BCUT2D eigenvalue weighted by Gasteiger charge is 2.23. The number of nitrogens with one attached hydrogen (secondary N) is 2. The fraction of sp³-hybridized carbons (Fsp3) is 0.0909. The smallest absolute Gasteiger partial charge is 0.318 e. The van der Waals surface area contributed by atoms with E-state index in [-0.39, 0.29) is 5.70 Å². The van der Waals surface area contributed by atoms with Crippen LogP contribution >= 0.6 is 0 Å². The van der Waals surface area contributed by atoms with Crippen LogP contribution in [0.4, 0.5) is 4.79 Å². The Morgan fingerprint density at radius 3 is 2.15 bits per heavy atom. The third-order valence-electron chi connectivity index (χ3n) is 4.72. The van der Waals surface area contributed by atoms with Crippen molar-refractivity contribution in [2.24, 2.45) is 0 Å². The number of benzene rings is 2. The fourth-order valence-electron chi connectivity index (χ4n) is 3.40. The van der Waals surface area contributed by atoms with E-state index in [0.717, 1.165) is 28.2 Å². The normalized spacial score (nSPS) is 15.1. The van der Waals surface area contributed by atoms with Crippen LogP contribution in [0.15, 0.2) is 66.4 Å². The minimum atomic E-state index is -0.489. The van der Waals surface area contributed by atoms with E-state index in [1.165, 1.54) is 5.56 Å². The number of aryl methyl sites for hydroxylation is 1. The molecule has 134 valence electrons. The molecule has 0 radical (unpaired) electrons. The fourth-order valence-corrected chi connectivity index (χ4v) is 3.40. The molecule has 1 fully saturated rings. The molecule has 0 atom stereocenters. The first kappa shape index (κ1) is 16.8. The van der Waals surface area contributed by atoms with E-state index >= 15 is 0 Å². The Morgan fingerprint density at radius 1 is 0.852 bits per heavy atom. The maximum atomic E-state index is 11.8. The van der Waals surface area contributed by atoms with Crippen molar-refractivity contribution in [2.75, 3.05) is 0 Å². The van der Waals surface area contributed by atoms with Gasteiger partial charge in [0, 0.05) is 17.1 Å². The molecule has 0 spiro atoms. The molecule has 1 saturated heterocycles. The molecule has 2 N–H and O–H groups in total. The van der Waals surface area contributed by atoms with Crippen molar-refractivity contribution < 1.29 is 9.59 Å². The number of hydrogen-bond acceptors (Lipinski definition) is 2. The quantitative estimate of drug-likeness (QED) is 0.551. The number of nitrogens with zero attached hydrogens (tertiary/aromatic N) is 1. The molecule has 0 saturated carbocycles. The van der Waals surface area contributed by atoms with Crippen molar-refractivity contribution in [1.82, 2.24) is 15.2 Å². The molecule has 1 aliphatic heterocycles. The number of carbonyl (C=O) groups excluding carboxylic acids is 2. The number of imide groups is 1. The Labute approximate surface area is 157 Å². The lowest BCUT2D eigenvalue weighted by Crippen LogP contribution is -2.22. The van der Waals surface area contributed by atoms with Gasteiger partial charge >= 0.3 is 6.03 Å². The summed E-state index contributed by atoms with van der Waals surface area (Å²) in [4.78, 5) is 23.1. The zero-order valence-electron chi connectivity index (χ0n) is 15.1. The predicted octanol–water partition coefficient (Wildman–Crippen LogP) is 3.94. The molecule has 1 aliphatic rings. The molecule has 3 amide bonds. The van der Waals surface area contributed by atoms with Gasteiger partial charge in [-0.1, -0.05) is 42.5 Å². The Bertz CT molecular complexity index is 1060. The van der Waals surface area contributed by atoms with Gasteiger partial charge in [0.05, 0.1) is 0 Å². The highest BCUT2D eigenvalue weighted by molar-refractivity contribution is 6.14. The average molecular weight is 357 g/mol. The van der Waals surface area contributed by atoms with Gasteiger partial charge in [0.15, 0.2) is 0 Å². The van der Waals surface area contributed by atoms with Crippen molar-refractivity contribution in [3.63, 3.8) is 0 Å². The van der Waals surface area contributed by atoms with Gasteiger partial charge in [0.1, 0.15) is 5.70 Å². The van der Waals surface area contributed by atoms with Crippen molar-refractivity contribution >= 4 is 18.0 Å². The maximum absolute atomic E-state index is 11.8. The molecule has 0 unspecified atom stereocenters. The molecule has 2 aromatic carbocycles. The molecule has 3 aromatic rings. The topological polar surface area (TPSA) is 63.1 Å². The second-order valence-corrected chi connectivity index (χ2v) is 6.54. The second-order valence-electron chi connectivity index (χ2n) is 6.54. The number of aromatic nitrogens is 1. The van der Waals surface area contributed by atoms with Gasteiger partial charge in [-0.3, -0.25) is 10.1 Å². The first-order valence-corrected chi connectivity index (χ1v) is 8.72. The summed E-state index contributed by atoms with van der Waals surface area (Å²) in [6.07, 6.45) is 1.71. The van der Waals surface area contributed by atoms with Crippen LogP contribution in [0.5, 0.6) is 0 Å². The van der Waals surface area contributed by atoms with E-state index < -0.39 is 11.9 Å². The van der Waals surface area contributed by atoms with E-state index in [4.69, 9.17) is 0 Å². The van der Waals surface area contributed by atoms with Crippen LogP contribution in [0.1, 0.15) is 17.0 Å². The molecule has 27 heavy (non-hydrogen) atoms. The molecule has 5 nitrogen and oxygen atoms in total. The highest BCUT2D eigenvalue weighted by Crippen LogP contribution is 2.25. The highest BCUT2D eigenvalue weighted by atomic mass is 16.2. The summed E-state index contributed by atoms with van der Waals surface area (Å²) in [5.41, 5.74) is 6.60. The van der Waals surface area contributed by atoms with Gasteiger partial charge < -0.3 is 9.88 Å². The Kier molecular flexibility index (Phi) is 4.12. The summed E-state index contributed by atoms with van der Waals surface area (Å²) >= 11 is 0. The summed E-state index contributed by atoms with van der Waals surface area (Å²) in [7, 11) is 0. The van der Waals surface area contributed by atoms with Gasteiger partial charge in [-0.25, -0.2) is 4.79 Å². The van der Waals surface area contributed by atoms with Crippen LogP contribution in [-0.2, 0) is 4.79 Å². The van der Waals surface area contributed by atoms with Crippen LogP contribution in [0, 0.1) is 13.8 Å². The van der Waals surface area contributed by atoms with Gasteiger partial charge in [-0.05, 0) is 54.8 Å². The summed E-state index contributed by atoms with van der Waals surface area (Å²) in [6.45, 7) is 4.02. The number of rotatable bonds is 3. The van der Waals surface area contributed by atoms with Crippen LogP contribution < -0.4 is 10.6 Å². The van der Waals surface area contributed by atoms with Crippen molar-refractivity contribution in [3.05, 3.63) is 83.3 Å². The van der Waals surface area contributed by atoms with E-state index in [9.17, 15) is 9.59 Å². The molecule has 5 heteroatoms. The Morgan fingerprint density at radius 2 is 1.52 bits per heavy atom. The number of carbonyl (C=O) groups is 2. The first-order chi connectivity index (χ1) is 13.0. The van der Waals surface area contributed by atoms with Crippen molar-refractivity contribution in [1.29, 1.82) is 0 Å². The lowest BCUT2D eigenvalue weighted by atomic mass is 10.1. The molecular formula is C22H19N3O2. The van der Waals surface area contributed by atoms with Gasteiger partial charge in [0.25, 0.3) is 5.91 Å². The van der Waals surface area contributed by atoms with E-state index in [0.29, 0.717) is 0 Å². The molecule has 1 aromatic heterocycles. The lowest BCUT2D eigenvalue weighted by Gasteiger charge is -2.11. The van der Waals surface area contributed by atoms with Gasteiger partial charge in [-0.15, -0.1) is 0 Å². The minimum Gasteiger partial charge on any atom is -0.318 e. The van der Waals surface area contributed by atoms with Crippen LogP contribution in [-0.4, -0.2) is 16.5 Å². The maximum Gasteiger partial charge on any atom is 0.326 e.